The minimum absolute atomic E-state index is 0.0769. The Morgan fingerprint density at radius 3 is 2.81 bits per heavy atom. The zero-order chi connectivity index (χ0) is 25.8. The second kappa shape index (κ2) is 10.9. The Kier molecular flexibility index (Phi) is 7.20. The van der Waals surface area contributed by atoms with Crippen LogP contribution in [0.15, 0.2) is 42.7 Å². The lowest BCUT2D eigenvalue weighted by Crippen LogP contribution is -2.44. The van der Waals surface area contributed by atoms with E-state index < -0.39 is 0 Å². The number of benzene rings is 1. The highest BCUT2D eigenvalue weighted by Crippen LogP contribution is 2.30. The highest BCUT2D eigenvalue weighted by atomic mass is 16.5. The largest absolute Gasteiger partial charge is 0.493 e. The molecule has 11 heteroatoms. The molecule has 0 saturated carbocycles. The Labute approximate surface area is 214 Å². The van der Waals surface area contributed by atoms with E-state index in [-0.39, 0.29) is 36.6 Å². The van der Waals surface area contributed by atoms with Gasteiger partial charge in [0.05, 0.1) is 19.9 Å². The molecule has 11 nitrogen and oxygen atoms in total. The predicted octanol–water partition coefficient (Wildman–Crippen LogP) is 2.28. The Morgan fingerprint density at radius 2 is 1.95 bits per heavy atom. The standard InChI is InChI=1S/C26H30N6O5/c1-30-14-18-5-4-10-31(15-18)25(33)19-7-8-21(35-2)23(13-19)37-17-20-16-32(29-28-20)11-12-36-22-6-3-9-27-24(22)26(30)34/h3,6-9,13,16,18H,4-5,10-12,14-15,17H2,1-2H3. The summed E-state index contributed by atoms with van der Waals surface area (Å²) >= 11 is 0. The van der Waals surface area contributed by atoms with Crippen molar-refractivity contribution in [1.82, 2.24) is 29.8 Å². The highest BCUT2D eigenvalue weighted by molar-refractivity contribution is 5.95. The van der Waals surface area contributed by atoms with Gasteiger partial charge in [0.2, 0.25) is 0 Å². The molecule has 3 aromatic rings. The number of methoxy groups -OCH3 is 1. The van der Waals surface area contributed by atoms with Crippen LogP contribution in [0.25, 0.3) is 0 Å². The van der Waals surface area contributed by atoms with Gasteiger partial charge in [0.1, 0.15) is 18.9 Å². The summed E-state index contributed by atoms with van der Waals surface area (Å²) in [5, 5.41) is 8.29. The van der Waals surface area contributed by atoms with Crippen molar-refractivity contribution in [3.63, 3.8) is 0 Å². The highest BCUT2D eigenvalue weighted by Gasteiger charge is 2.28. The summed E-state index contributed by atoms with van der Waals surface area (Å²) in [5.74, 6) is 1.27. The topological polar surface area (TPSA) is 112 Å². The third-order valence-corrected chi connectivity index (χ3v) is 6.61. The summed E-state index contributed by atoms with van der Waals surface area (Å²) in [6.07, 6.45) is 5.15. The van der Waals surface area contributed by atoms with E-state index in [0.29, 0.717) is 54.7 Å². The van der Waals surface area contributed by atoms with Crippen molar-refractivity contribution in [3.8, 4) is 17.2 Å². The first-order valence-electron chi connectivity index (χ1n) is 12.3. The third kappa shape index (κ3) is 5.50. The van der Waals surface area contributed by atoms with E-state index in [2.05, 4.69) is 15.3 Å². The normalized spacial score (nSPS) is 18.9. The number of fused-ring (bicyclic) bond motifs is 7. The number of amides is 2. The van der Waals surface area contributed by atoms with Crippen LogP contribution in [-0.4, -0.2) is 82.0 Å². The smallest absolute Gasteiger partial charge is 0.276 e. The Morgan fingerprint density at radius 1 is 1.05 bits per heavy atom. The van der Waals surface area contributed by atoms with Gasteiger partial charge in [-0.1, -0.05) is 5.21 Å². The number of rotatable bonds is 1. The molecule has 1 atom stereocenters. The summed E-state index contributed by atoms with van der Waals surface area (Å²) in [6, 6.07) is 8.67. The summed E-state index contributed by atoms with van der Waals surface area (Å²) in [4.78, 5) is 34.5. The van der Waals surface area contributed by atoms with Crippen molar-refractivity contribution >= 4 is 11.8 Å². The van der Waals surface area contributed by atoms with E-state index >= 15 is 0 Å². The number of carbonyl (C=O) groups is 2. The van der Waals surface area contributed by atoms with Crippen molar-refractivity contribution in [3.05, 3.63) is 59.7 Å². The molecule has 4 heterocycles. The van der Waals surface area contributed by atoms with Crippen molar-refractivity contribution in [2.75, 3.05) is 40.4 Å². The molecule has 2 aromatic heterocycles. The maximum atomic E-state index is 13.4. The lowest BCUT2D eigenvalue weighted by atomic mass is 9.96. The van der Waals surface area contributed by atoms with Gasteiger partial charge in [-0.05, 0) is 49.1 Å². The molecule has 1 aromatic carbocycles. The third-order valence-electron chi connectivity index (χ3n) is 6.61. The minimum Gasteiger partial charge on any atom is -0.493 e. The molecule has 1 fully saturated rings. The van der Waals surface area contributed by atoms with E-state index in [1.165, 1.54) is 0 Å². The molecule has 2 aliphatic rings. The van der Waals surface area contributed by atoms with Gasteiger partial charge in [0, 0.05) is 38.4 Å². The lowest BCUT2D eigenvalue weighted by Gasteiger charge is -2.35. The van der Waals surface area contributed by atoms with E-state index in [9.17, 15) is 9.59 Å². The van der Waals surface area contributed by atoms with Crippen molar-refractivity contribution in [1.29, 1.82) is 0 Å². The molecule has 37 heavy (non-hydrogen) atoms. The zero-order valence-corrected chi connectivity index (χ0v) is 21.0. The first kappa shape index (κ1) is 24.5. The van der Waals surface area contributed by atoms with E-state index in [0.717, 1.165) is 12.8 Å². The Bertz CT molecular complexity index is 1280. The van der Waals surface area contributed by atoms with Gasteiger partial charge in [-0.2, -0.15) is 0 Å². The average molecular weight is 507 g/mol. The van der Waals surface area contributed by atoms with Crippen LogP contribution in [0, 0.1) is 5.92 Å². The first-order chi connectivity index (χ1) is 18.0. The molecule has 1 unspecified atom stereocenters. The Hall–Kier alpha value is -4.15. The van der Waals surface area contributed by atoms with Crippen LogP contribution in [0.2, 0.25) is 0 Å². The number of nitrogens with zero attached hydrogens (tertiary/aromatic N) is 6. The van der Waals surface area contributed by atoms with Gasteiger partial charge in [0.15, 0.2) is 22.9 Å². The zero-order valence-electron chi connectivity index (χ0n) is 21.0. The predicted molar refractivity (Wildman–Crippen MR) is 133 cm³/mol. The number of ether oxygens (including phenoxy) is 3. The van der Waals surface area contributed by atoms with Gasteiger partial charge in [0.25, 0.3) is 11.8 Å². The van der Waals surface area contributed by atoms with Crippen molar-refractivity contribution < 1.29 is 23.8 Å². The maximum absolute atomic E-state index is 13.4. The van der Waals surface area contributed by atoms with Crippen LogP contribution >= 0.6 is 0 Å². The monoisotopic (exact) mass is 506 g/mol. The minimum atomic E-state index is -0.214. The molecule has 5 rings (SSSR count). The molecular formula is C26H30N6O5. The number of pyridine rings is 1. The van der Waals surface area contributed by atoms with Gasteiger partial charge in [-0.3, -0.25) is 9.59 Å². The first-order valence-corrected chi connectivity index (χ1v) is 12.3. The summed E-state index contributed by atoms with van der Waals surface area (Å²) in [7, 11) is 3.32. The number of hydrogen-bond donors (Lipinski definition) is 0. The van der Waals surface area contributed by atoms with E-state index in [4.69, 9.17) is 14.2 Å². The SMILES string of the molecule is COc1ccc2cc1OCc1cn(nn1)CCOc1cccnc1C(=O)N(C)CC1CCCN(C1)C2=O. The van der Waals surface area contributed by atoms with Crippen LogP contribution in [0.3, 0.4) is 0 Å². The van der Waals surface area contributed by atoms with Gasteiger partial charge in [-0.25, -0.2) is 9.67 Å². The molecule has 0 N–H and O–H groups in total. The fraction of sp³-hybridized carbons (Fsp3) is 0.423. The van der Waals surface area contributed by atoms with Gasteiger partial charge >= 0.3 is 0 Å². The fourth-order valence-electron chi connectivity index (χ4n) is 4.74. The second-order valence-electron chi connectivity index (χ2n) is 9.27. The average Bonchev–Trinajstić information content (AvgIpc) is 3.38. The molecule has 2 amide bonds. The van der Waals surface area contributed by atoms with Crippen LogP contribution in [0.4, 0.5) is 0 Å². The molecule has 0 aliphatic carbocycles. The van der Waals surface area contributed by atoms with E-state index in [1.807, 2.05) is 4.90 Å². The fourth-order valence-corrected chi connectivity index (χ4v) is 4.74. The number of piperidine rings is 1. The maximum Gasteiger partial charge on any atom is 0.276 e. The van der Waals surface area contributed by atoms with E-state index in [1.54, 1.807) is 66.5 Å². The number of carbonyl (C=O) groups excluding carboxylic acids is 2. The van der Waals surface area contributed by atoms with Gasteiger partial charge in [-0.15, -0.1) is 5.10 Å². The van der Waals surface area contributed by atoms with Crippen molar-refractivity contribution in [2.24, 2.45) is 5.92 Å². The molecule has 0 spiro atoms. The summed E-state index contributed by atoms with van der Waals surface area (Å²) in [5.41, 5.74) is 1.40. The van der Waals surface area contributed by atoms with Crippen LogP contribution in [0.5, 0.6) is 17.2 Å². The summed E-state index contributed by atoms with van der Waals surface area (Å²) in [6.45, 7) is 2.61. The molecule has 0 radical (unpaired) electrons. The van der Waals surface area contributed by atoms with Crippen LogP contribution < -0.4 is 14.2 Å². The quantitative estimate of drug-likeness (QED) is 0.494. The van der Waals surface area contributed by atoms with Crippen LogP contribution in [-0.2, 0) is 13.2 Å². The summed E-state index contributed by atoms with van der Waals surface area (Å²) < 4.78 is 19.0. The molecule has 1 saturated heterocycles. The number of aromatic nitrogens is 4. The van der Waals surface area contributed by atoms with Crippen LogP contribution in [0.1, 0.15) is 39.4 Å². The van der Waals surface area contributed by atoms with Crippen molar-refractivity contribution in [2.45, 2.75) is 26.0 Å². The second-order valence-corrected chi connectivity index (χ2v) is 9.27. The van der Waals surface area contributed by atoms with Gasteiger partial charge < -0.3 is 24.0 Å². The molecule has 6 bridgehead atoms. The Balaban J connectivity index is 1.44. The molecular weight excluding hydrogens is 476 g/mol. The lowest BCUT2D eigenvalue weighted by molar-refractivity contribution is 0.0614. The molecule has 194 valence electrons. The molecule has 2 aliphatic heterocycles. The number of hydrogen-bond acceptors (Lipinski definition) is 8.